The first-order valence-corrected chi connectivity index (χ1v) is 11.4. The number of carbonyl (C=O) groups excluding carboxylic acids is 3. The number of halogens is 1. The van der Waals surface area contributed by atoms with Crippen molar-refractivity contribution in [3.8, 4) is 0 Å². The largest absolute Gasteiger partial charge is 0.462 e. The number of unbranched alkanes of at least 4 members (excludes halogenated alkanes) is 1. The van der Waals surface area contributed by atoms with Crippen molar-refractivity contribution in [1.82, 2.24) is 4.90 Å². The lowest BCUT2D eigenvalue weighted by Crippen LogP contribution is -2.52. The lowest BCUT2D eigenvalue weighted by molar-refractivity contribution is -0.123. The van der Waals surface area contributed by atoms with Gasteiger partial charge in [0, 0.05) is 31.9 Å². The molecule has 7 nitrogen and oxygen atoms in total. The highest BCUT2D eigenvalue weighted by Crippen LogP contribution is 2.27. The molecule has 2 heterocycles. The summed E-state index contributed by atoms with van der Waals surface area (Å²) in [6.07, 6.45) is 1.88. The van der Waals surface area contributed by atoms with E-state index in [9.17, 15) is 18.8 Å². The molecule has 174 valence electrons. The van der Waals surface area contributed by atoms with E-state index in [2.05, 4.69) is 4.90 Å². The number of imide groups is 1. The van der Waals surface area contributed by atoms with Gasteiger partial charge in [0.15, 0.2) is 0 Å². The van der Waals surface area contributed by atoms with Gasteiger partial charge in [0.25, 0.3) is 5.91 Å². The Morgan fingerprint density at radius 2 is 1.61 bits per heavy atom. The molecular weight excluding hydrogens is 425 g/mol. The third-order valence-electron chi connectivity index (χ3n) is 6.16. The van der Waals surface area contributed by atoms with Crippen molar-refractivity contribution >= 4 is 29.2 Å². The zero-order valence-corrected chi connectivity index (χ0v) is 18.7. The number of carbonyl (C=O) groups is 3. The second-order valence-corrected chi connectivity index (χ2v) is 8.32. The maximum absolute atomic E-state index is 13.2. The number of amides is 2. The molecule has 2 aromatic rings. The van der Waals surface area contributed by atoms with Crippen LogP contribution in [0, 0.1) is 5.82 Å². The second kappa shape index (κ2) is 10.1. The smallest absolute Gasteiger partial charge is 0.338 e. The summed E-state index contributed by atoms with van der Waals surface area (Å²) in [5.74, 6) is -1.17. The molecule has 0 radical (unpaired) electrons. The Kier molecular flexibility index (Phi) is 7.03. The fourth-order valence-corrected chi connectivity index (χ4v) is 4.26. The summed E-state index contributed by atoms with van der Waals surface area (Å²) in [6, 6.07) is 12.3. The van der Waals surface area contributed by atoms with Gasteiger partial charge in [-0.05, 0) is 55.0 Å². The predicted molar refractivity (Wildman–Crippen MR) is 123 cm³/mol. The minimum atomic E-state index is -0.494. The first-order valence-electron chi connectivity index (χ1n) is 11.4. The number of ether oxygens (including phenoxy) is 1. The highest BCUT2D eigenvalue weighted by molar-refractivity contribution is 6.22. The Morgan fingerprint density at radius 3 is 2.24 bits per heavy atom. The molecule has 8 heteroatoms. The standard InChI is InChI=1S/C25H28FN3O4/c1-2-3-16-33-25(32)18-4-8-21(9-5-18)29-23(30)17-22(24(29)31)28-14-12-27(13-15-28)20-10-6-19(26)7-11-20/h4-11,22H,2-3,12-17H2,1H3/t22-/m0/s1. The van der Waals surface area contributed by atoms with Crippen LogP contribution in [0.25, 0.3) is 0 Å². The van der Waals surface area contributed by atoms with Crippen LogP contribution in [0.3, 0.4) is 0 Å². The fraction of sp³-hybridized carbons (Fsp3) is 0.400. The molecule has 2 saturated heterocycles. The number of anilines is 2. The topological polar surface area (TPSA) is 70.2 Å². The number of nitrogens with zero attached hydrogens (tertiary/aromatic N) is 3. The minimum absolute atomic E-state index is 0.135. The molecule has 0 spiro atoms. The molecule has 2 aromatic carbocycles. The summed E-state index contributed by atoms with van der Waals surface area (Å²) in [4.78, 5) is 43.3. The van der Waals surface area contributed by atoms with E-state index in [1.807, 2.05) is 11.8 Å². The quantitative estimate of drug-likeness (QED) is 0.364. The van der Waals surface area contributed by atoms with Gasteiger partial charge in [-0.3, -0.25) is 14.5 Å². The first kappa shape index (κ1) is 22.9. The van der Waals surface area contributed by atoms with Gasteiger partial charge in [0.05, 0.1) is 30.3 Å². The van der Waals surface area contributed by atoms with Gasteiger partial charge in [-0.25, -0.2) is 14.1 Å². The zero-order chi connectivity index (χ0) is 23.4. The van der Waals surface area contributed by atoms with Crippen molar-refractivity contribution in [3.63, 3.8) is 0 Å². The normalized spacial score (nSPS) is 19.3. The third-order valence-corrected chi connectivity index (χ3v) is 6.16. The highest BCUT2D eigenvalue weighted by atomic mass is 19.1. The molecule has 0 saturated carbocycles. The lowest BCUT2D eigenvalue weighted by atomic mass is 10.1. The Labute approximate surface area is 192 Å². The van der Waals surface area contributed by atoms with Crippen LogP contribution in [-0.2, 0) is 14.3 Å². The molecule has 0 bridgehead atoms. The van der Waals surface area contributed by atoms with E-state index in [4.69, 9.17) is 4.74 Å². The third kappa shape index (κ3) is 5.06. The van der Waals surface area contributed by atoms with Crippen molar-refractivity contribution in [1.29, 1.82) is 0 Å². The van der Waals surface area contributed by atoms with Gasteiger partial charge in [0.2, 0.25) is 5.91 Å². The average Bonchev–Trinajstić information content (AvgIpc) is 3.13. The van der Waals surface area contributed by atoms with E-state index >= 15 is 0 Å². The summed E-state index contributed by atoms with van der Waals surface area (Å²) in [5.41, 5.74) is 1.80. The van der Waals surface area contributed by atoms with E-state index in [0.29, 0.717) is 44.0 Å². The van der Waals surface area contributed by atoms with Crippen molar-refractivity contribution in [3.05, 3.63) is 59.9 Å². The Morgan fingerprint density at radius 1 is 0.970 bits per heavy atom. The monoisotopic (exact) mass is 453 g/mol. The Balaban J connectivity index is 1.37. The van der Waals surface area contributed by atoms with Crippen LogP contribution in [0.2, 0.25) is 0 Å². The van der Waals surface area contributed by atoms with Gasteiger partial charge in [-0.1, -0.05) is 13.3 Å². The average molecular weight is 454 g/mol. The van der Waals surface area contributed by atoms with Gasteiger partial charge >= 0.3 is 5.97 Å². The van der Waals surface area contributed by atoms with Gasteiger partial charge in [-0.15, -0.1) is 0 Å². The second-order valence-electron chi connectivity index (χ2n) is 8.32. The van der Waals surface area contributed by atoms with E-state index in [1.165, 1.54) is 17.0 Å². The molecule has 2 aliphatic rings. The molecule has 4 rings (SSSR count). The molecule has 2 aliphatic heterocycles. The SMILES string of the molecule is CCCCOC(=O)c1ccc(N2C(=O)C[C@H](N3CCN(c4ccc(F)cc4)CC3)C2=O)cc1. The number of hydrogen-bond acceptors (Lipinski definition) is 6. The van der Waals surface area contributed by atoms with Crippen LogP contribution in [0.15, 0.2) is 48.5 Å². The first-order chi connectivity index (χ1) is 16.0. The van der Waals surface area contributed by atoms with Crippen LogP contribution >= 0.6 is 0 Å². The number of benzene rings is 2. The van der Waals surface area contributed by atoms with E-state index < -0.39 is 12.0 Å². The Bertz CT molecular complexity index is 1000. The number of rotatable bonds is 7. The number of esters is 1. The van der Waals surface area contributed by atoms with Gasteiger partial charge < -0.3 is 9.64 Å². The number of hydrogen-bond donors (Lipinski definition) is 0. The van der Waals surface area contributed by atoms with E-state index in [0.717, 1.165) is 18.5 Å². The van der Waals surface area contributed by atoms with Crippen LogP contribution in [0.5, 0.6) is 0 Å². The molecule has 33 heavy (non-hydrogen) atoms. The van der Waals surface area contributed by atoms with Crippen molar-refractivity contribution in [2.24, 2.45) is 0 Å². The van der Waals surface area contributed by atoms with E-state index in [1.54, 1.807) is 36.4 Å². The number of piperazine rings is 1. The predicted octanol–water partition coefficient (Wildman–Crippen LogP) is 3.24. The molecule has 2 fully saturated rings. The molecule has 0 N–H and O–H groups in total. The summed E-state index contributed by atoms with van der Waals surface area (Å²) < 4.78 is 18.4. The van der Waals surface area contributed by atoms with E-state index in [-0.39, 0.29) is 24.1 Å². The molecule has 0 aliphatic carbocycles. The summed E-state index contributed by atoms with van der Waals surface area (Å²) in [5, 5.41) is 0. The Hall–Kier alpha value is -3.26. The molecular formula is C25H28FN3O4. The lowest BCUT2D eigenvalue weighted by Gasteiger charge is -2.38. The van der Waals surface area contributed by atoms with Gasteiger partial charge in [-0.2, -0.15) is 0 Å². The van der Waals surface area contributed by atoms with Crippen molar-refractivity contribution in [2.75, 3.05) is 42.6 Å². The summed E-state index contributed by atoms with van der Waals surface area (Å²) in [6.45, 7) is 5.05. The summed E-state index contributed by atoms with van der Waals surface area (Å²) >= 11 is 0. The molecule has 2 amide bonds. The maximum Gasteiger partial charge on any atom is 0.338 e. The molecule has 0 unspecified atom stereocenters. The van der Waals surface area contributed by atoms with Crippen molar-refractivity contribution < 1.29 is 23.5 Å². The van der Waals surface area contributed by atoms with Gasteiger partial charge in [0.1, 0.15) is 5.82 Å². The zero-order valence-electron chi connectivity index (χ0n) is 18.7. The maximum atomic E-state index is 13.2. The summed E-state index contributed by atoms with van der Waals surface area (Å²) in [7, 11) is 0. The minimum Gasteiger partial charge on any atom is -0.462 e. The van der Waals surface area contributed by atoms with Crippen LogP contribution in [0.1, 0.15) is 36.5 Å². The fourth-order valence-electron chi connectivity index (χ4n) is 4.26. The van der Waals surface area contributed by atoms with Crippen LogP contribution in [0.4, 0.5) is 15.8 Å². The molecule has 0 aromatic heterocycles. The van der Waals surface area contributed by atoms with Crippen LogP contribution in [-0.4, -0.2) is 61.5 Å². The molecule has 1 atom stereocenters. The van der Waals surface area contributed by atoms with Crippen molar-refractivity contribution in [2.45, 2.75) is 32.2 Å². The highest BCUT2D eigenvalue weighted by Gasteiger charge is 2.43. The van der Waals surface area contributed by atoms with Crippen LogP contribution < -0.4 is 9.80 Å².